The quantitative estimate of drug-likeness (QED) is 0.634. The molecule has 2 aromatic rings. The fourth-order valence-corrected chi connectivity index (χ4v) is 3.20. The van der Waals surface area contributed by atoms with Crippen LogP contribution in [-0.4, -0.2) is 34.8 Å². The number of hydrogen-bond donors (Lipinski definition) is 2. The number of nitrogens with zero attached hydrogens (tertiary/aromatic N) is 2. The van der Waals surface area contributed by atoms with Gasteiger partial charge in [-0.15, -0.1) is 0 Å². The van der Waals surface area contributed by atoms with Crippen molar-refractivity contribution in [2.75, 3.05) is 13.1 Å². The zero-order valence-corrected chi connectivity index (χ0v) is 14.1. The number of carbonyl (C=O) groups is 1. The van der Waals surface area contributed by atoms with Crippen LogP contribution in [-0.2, 0) is 0 Å². The Balaban J connectivity index is 1.43. The smallest absolute Gasteiger partial charge is 0.254 e. The molecule has 1 aliphatic carbocycles. The standard InChI is InChI=1S/C19H26N4O/c24-19(21-13-12-20-17-8-4-1-2-5-9-17)16-14-22-23(15-16)18-10-6-3-7-11-18/h3,6-7,10-11,14-15,17,20H,1-2,4-5,8-9,12-13H2,(H,21,24). The molecule has 0 unspecified atom stereocenters. The highest BCUT2D eigenvalue weighted by molar-refractivity contribution is 5.93. The Morgan fingerprint density at radius 2 is 1.83 bits per heavy atom. The molecular formula is C19H26N4O. The Labute approximate surface area is 143 Å². The second-order valence-corrected chi connectivity index (χ2v) is 6.41. The minimum absolute atomic E-state index is 0.0696. The maximum atomic E-state index is 12.2. The van der Waals surface area contributed by atoms with E-state index in [1.165, 1.54) is 38.5 Å². The molecule has 0 aliphatic heterocycles. The maximum Gasteiger partial charge on any atom is 0.254 e. The minimum atomic E-state index is -0.0696. The molecule has 0 saturated heterocycles. The Bertz CT molecular complexity index is 630. The van der Waals surface area contributed by atoms with E-state index in [0.717, 1.165) is 12.2 Å². The molecule has 0 spiro atoms. The molecule has 1 aromatic carbocycles. The predicted octanol–water partition coefficient (Wildman–Crippen LogP) is 2.91. The van der Waals surface area contributed by atoms with Crippen LogP contribution >= 0.6 is 0 Å². The number of aromatic nitrogens is 2. The molecule has 0 bridgehead atoms. The highest BCUT2D eigenvalue weighted by atomic mass is 16.1. The van der Waals surface area contributed by atoms with Gasteiger partial charge >= 0.3 is 0 Å². The molecule has 1 fully saturated rings. The third-order valence-electron chi connectivity index (χ3n) is 4.56. The maximum absolute atomic E-state index is 12.2. The molecule has 128 valence electrons. The van der Waals surface area contributed by atoms with E-state index >= 15 is 0 Å². The molecule has 2 N–H and O–H groups in total. The number of para-hydroxylation sites is 1. The molecule has 1 aliphatic rings. The molecule has 1 saturated carbocycles. The van der Waals surface area contributed by atoms with E-state index in [4.69, 9.17) is 0 Å². The van der Waals surface area contributed by atoms with Gasteiger partial charge in [0.25, 0.3) is 5.91 Å². The Kier molecular flexibility index (Phi) is 6.01. The molecule has 0 atom stereocenters. The summed E-state index contributed by atoms with van der Waals surface area (Å²) in [7, 11) is 0. The van der Waals surface area contributed by atoms with Gasteiger partial charge in [0.05, 0.1) is 17.4 Å². The van der Waals surface area contributed by atoms with Crippen molar-refractivity contribution in [2.45, 2.75) is 44.6 Å². The molecule has 1 amide bonds. The van der Waals surface area contributed by atoms with E-state index in [1.54, 1.807) is 17.1 Å². The second kappa shape index (κ2) is 8.64. The lowest BCUT2D eigenvalue weighted by Crippen LogP contribution is -2.36. The summed E-state index contributed by atoms with van der Waals surface area (Å²) in [5.74, 6) is -0.0696. The van der Waals surface area contributed by atoms with Gasteiger partial charge in [0.2, 0.25) is 0 Å². The zero-order chi connectivity index (χ0) is 16.6. The molecule has 0 radical (unpaired) electrons. The number of amides is 1. The first kappa shape index (κ1) is 16.7. The summed E-state index contributed by atoms with van der Waals surface area (Å²) >= 11 is 0. The van der Waals surface area contributed by atoms with Crippen LogP contribution in [0.1, 0.15) is 48.9 Å². The average molecular weight is 326 g/mol. The summed E-state index contributed by atoms with van der Waals surface area (Å²) in [6.07, 6.45) is 11.3. The largest absolute Gasteiger partial charge is 0.351 e. The van der Waals surface area contributed by atoms with Crippen LogP contribution < -0.4 is 10.6 Å². The number of carbonyl (C=O) groups excluding carboxylic acids is 1. The van der Waals surface area contributed by atoms with E-state index in [9.17, 15) is 4.79 Å². The normalized spacial score (nSPS) is 15.8. The second-order valence-electron chi connectivity index (χ2n) is 6.41. The molecular weight excluding hydrogens is 300 g/mol. The van der Waals surface area contributed by atoms with Gasteiger partial charge in [-0.05, 0) is 25.0 Å². The van der Waals surface area contributed by atoms with Crippen molar-refractivity contribution >= 4 is 5.91 Å². The Morgan fingerprint density at radius 1 is 1.08 bits per heavy atom. The zero-order valence-electron chi connectivity index (χ0n) is 14.1. The van der Waals surface area contributed by atoms with E-state index in [1.807, 2.05) is 30.3 Å². The minimum Gasteiger partial charge on any atom is -0.351 e. The van der Waals surface area contributed by atoms with Crippen LogP contribution in [0.15, 0.2) is 42.7 Å². The van der Waals surface area contributed by atoms with Crippen LogP contribution in [0.25, 0.3) is 5.69 Å². The van der Waals surface area contributed by atoms with Gasteiger partial charge in [0.1, 0.15) is 0 Å². The highest BCUT2D eigenvalue weighted by Gasteiger charge is 2.12. The fourth-order valence-electron chi connectivity index (χ4n) is 3.20. The topological polar surface area (TPSA) is 59.0 Å². The van der Waals surface area contributed by atoms with Gasteiger partial charge in [0.15, 0.2) is 0 Å². The van der Waals surface area contributed by atoms with E-state index in [-0.39, 0.29) is 5.91 Å². The van der Waals surface area contributed by atoms with E-state index < -0.39 is 0 Å². The van der Waals surface area contributed by atoms with Crippen molar-refractivity contribution in [1.82, 2.24) is 20.4 Å². The van der Waals surface area contributed by atoms with Gasteiger partial charge in [-0.3, -0.25) is 4.79 Å². The summed E-state index contributed by atoms with van der Waals surface area (Å²) in [4.78, 5) is 12.2. The molecule has 1 heterocycles. The number of rotatable bonds is 6. The third kappa shape index (κ3) is 4.68. The van der Waals surface area contributed by atoms with Crippen LogP contribution in [0, 0.1) is 0 Å². The summed E-state index contributed by atoms with van der Waals surface area (Å²) in [6.45, 7) is 1.47. The third-order valence-corrected chi connectivity index (χ3v) is 4.56. The lowest BCUT2D eigenvalue weighted by molar-refractivity contribution is 0.0953. The summed E-state index contributed by atoms with van der Waals surface area (Å²) < 4.78 is 1.72. The predicted molar refractivity (Wildman–Crippen MR) is 95.4 cm³/mol. The van der Waals surface area contributed by atoms with Crippen LogP contribution in [0.2, 0.25) is 0 Å². The van der Waals surface area contributed by atoms with Crippen molar-refractivity contribution in [1.29, 1.82) is 0 Å². The first-order valence-corrected chi connectivity index (χ1v) is 8.94. The van der Waals surface area contributed by atoms with Crippen LogP contribution in [0.3, 0.4) is 0 Å². The summed E-state index contributed by atoms with van der Waals surface area (Å²) in [6, 6.07) is 10.4. The monoisotopic (exact) mass is 326 g/mol. The van der Waals surface area contributed by atoms with Crippen molar-refractivity contribution in [2.24, 2.45) is 0 Å². The van der Waals surface area contributed by atoms with Gasteiger partial charge in [-0.1, -0.05) is 43.9 Å². The Hall–Kier alpha value is -2.14. The molecule has 3 rings (SSSR count). The lowest BCUT2D eigenvalue weighted by atomic mass is 10.1. The molecule has 5 heteroatoms. The first-order chi connectivity index (χ1) is 11.8. The molecule has 1 aromatic heterocycles. The van der Waals surface area contributed by atoms with Gasteiger partial charge in [0, 0.05) is 25.3 Å². The van der Waals surface area contributed by atoms with Crippen molar-refractivity contribution in [3.8, 4) is 5.69 Å². The SMILES string of the molecule is O=C(NCCNC1CCCCCC1)c1cnn(-c2ccccc2)c1. The molecule has 5 nitrogen and oxygen atoms in total. The van der Waals surface area contributed by atoms with Crippen molar-refractivity contribution < 1.29 is 4.79 Å². The van der Waals surface area contributed by atoms with Gasteiger partial charge < -0.3 is 10.6 Å². The average Bonchev–Trinajstić information content (AvgIpc) is 2.97. The van der Waals surface area contributed by atoms with Crippen LogP contribution in [0.5, 0.6) is 0 Å². The van der Waals surface area contributed by atoms with Crippen LogP contribution in [0.4, 0.5) is 0 Å². The molecule has 24 heavy (non-hydrogen) atoms. The first-order valence-electron chi connectivity index (χ1n) is 8.94. The Morgan fingerprint density at radius 3 is 2.58 bits per heavy atom. The van der Waals surface area contributed by atoms with Crippen molar-refractivity contribution in [3.05, 3.63) is 48.3 Å². The highest BCUT2D eigenvalue weighted by Crippen LogP contribution is 2.16. The van der Waals surface area contributed by atoms with Gasteiger partial charge in [-0.25, -0.2) is 4.68 Å². The van der Waals surface area contributed by atoms with E-state index in [0.29, 0.717) is 18.2 Å². The summed E-state index contributed by atoms with van der Waals surface area (Å²) in [5.41, 5.74) is 1.54. The lowest BCUT2D eigenvalue weighted by Gasteiger charge is -2.16. The number of hydrogen-bond acceptors (Lipinski definition) is 3. The fraction of sp³-hybridized carbons (Fsp3) is 0.474. The summed E-state index contributed by atoms with van der Waals surface area (Å²) in [5, 5.41) is 10.8. The van der Waals surface area contributed by atoms with Crippen molar-refractivity contribution in [3.63, 3.8) is 0 Å². The van der Waals surface area contributed by atoms with E-state index in [2.05, 4.69) is 15.7 Å². The number of nitrogens with one attached hydrogen (secondary N) is 2. The number of benzene rings is 1. The van der Waals surface area contributed by atoms with Gasteiger partial charge in [-0.2, -0.15) is 5.10 Å².